The summed E-state index contributed by atoms with van der Waals surface area (Å²) < 4.78 is 0. The highest BCUT2D eigenvalue weighted by molar-refractivity contribution is 5.66. The SMILES string of the molecule is c1ccc(-c2ccc(N3CCC[N]CC3)cc2)cc1. The second-order valence-electron chi connectivity index (χ2n) is 4.92. The molecule has 0 aromatic heterocycles. The Balaban J connectivity index is 1.78. The fraction of sp³-hybridized carbons (Fsp3) is 0.294. The van der Waals surface area contributed by atoms with Crippen molar-refractivity contribution < 1.29 is 0 Å². The number of rotatable bonds is 2. The van der Waals surface area contributed by atoms with Gasteiger partial charge in [0.05, 0.1) is 0 Å². The van der Waals surface area contributed by atoms with Gasteiger partial charge < -0.3 is 4.90 Å². The standard InChI is InChI=1S/C17H19N2/c1-2-5-15(6-3-1)16-7-9-17(10-8-16)19-13-4-11-18-12-14-19/h1-3,5-10H,4,11-14H2. The molecule has 1 aliphatic heterocycles. The number of hydrogen-bond acceptors (Lipinski definition) is 1. The second-order valence-corrected chi connectivity index (χ2v) is 4.92. The van der Waals surface area contributed by atoms with E-state index in [1.165, 1.54) is 23.2 Å². The zero-order valence-electron chi connectivity index (χ0n) is 11.1. The number of hydrogen-bond donors (Lipinski definition) is 0. The lowest BCUT2D eigenvalue weighted by molar-refractivity contribution is 0.709. The first-order valence-corrected chi connectivity index (χ1v) is 6.97. The minimum absolute atomic E-state index is 0.959. The summed E-state index contributed by atoms with van der Waals surface area (Å²) in [6.45, 7) is 4.14. The monoisotopic (exact) mass is 251 g/mol. The summed E-state index contributed by atoms with van der Waals surface area (Å²) >= 11 is 0. The van der Waals surface area contributed by atoms with E-state index in [0.717, 1.165) is 26.2 Å². The van der Waals surface area contributed by atoms with Crippen molar-refractivity contribution in [3.05, 3.63) is 54.6 Å². The lowest BCUT2D eigenvalue weighted by atomic mass is 10.1. The van der Waals surface area contributed by atoms with Crippen molar-refractivity contribution >= 4 is 5.69 Å². The molecule has 0 atom stereocenters. The number of anilines is 1. The van der Waals surface area contributed by atoms with E-state index in [0.29, 0.717) is 0 Å². The second kappa shape index (κ2) is 5.89. The Bertz CT molecular complexity index is 497. The molecule has 2 heteroatoms. The minimum Gasteiger partial charge on any atom is -0.370 e. The molecule has 3 rings (SSSR count). The zero-order valence-corrected chi connectivity index (χ0v) is 11.1. The lowest BCUT2D eigenvalue weighted by Gasteiger charge is -2.22. The Labute approximate surface area is 115 Å². The maximum absolute atomic E-state index is 4.47. The molecule has 97 valence electrons. The first kappa shape index (κ1) is 12.2. The summed E-state index contributed by atoms with van der Waals surface area (Å²) in [5, 5.41) is 4.47. The predicted octanol–water partition coefficient (Wildman–Crippen LogP) is 3.17. The molecule has 0 saturated carbocycles. The molecule has 0 spiro atoms. The number of nitrogens with zero attached hydrogens (tertiary/aromatic N) is 2. The van der Waals surface area contributed by atoms with Crippen LogP contribution in [0.15, 0.2) is 54.6 Å². The molecule has 2 aromatic rings. The Kier molecular flexibility index (Phi) is 3.80. The average Bonchev–Trinajstić information content (AvgIpc) is 2.77. The Hall–Kier alpha value is -1.80. The van der Waals surface area contributed by atoms with Crippen molar-refractivity contribution in [3.63, 3.8) is 0 Å². The zero-order chi connectivity index (χ0) is 12.9. The van der Waals surface area contributed by atoms with Crippen LogP contribution in [-0.2, 0) is 0 Å². The van der Waals surface area contributed by atoms with Crippen LogP contribution in [0.3, 0.4) is 0 Å². The van der Waals surface area contributed by atoms with Crippen LogP contribution in [0.2, 0.25) is 0 Å². The largest absolute Gasteiger partial charge is 0.370 e. The van der Waals surface area contributed by atoms with Gasteiger partial charge in [-0.05, 0) is 29.7 Å². The molecular formula is C17H19N2. The fourth-order valence-electron chi connectivity index (χ4n) is 2.54. The molecule has 1 heterocycles. The van der Waals surface area contributed by atoms with E-state index < -0.39 is 0 Å². The van der Waals surface area contributed by atoms with Crippen LogP contribution in [0.4, 0.5) is 5.69 Å². The van der Waals surface area contributed by atoms with Crippen LogP contribution in [-0.4, -0.2) is 26.2 Å². The van der Waals surface area contributed by atoms with E-state index in [4.69, 9.17) is 0 Å². The highest BCUT2D eigenvalue weighted by atomic mass is 15.2. The van der Waals surface area contributed by atoms with Gasteiger partial charge in [0.25, 0.3) is 0 Å². The van der Waals surface area contributed by atoms with Gasteiger partial charge >= 0.3 is 0 Å². The molecule has 2 nitrogen and oxygen atoms in total. The van der Waals surface area contributed by atoms with Gasteiger partial charge in [-0.3, -0.25) is 0 Å². The summed E-state index contributed by atoms with van der Waals surface area (Å²) in [5.74, 6) is 0. The van der Waals surface area contributed by atoms with Gasteiger partial charge in [0.2, 0.25) is 0 Å². The van der Waals surface area contributed by atoms with E-state index in [-0.39, 0.29) is 0 Å². The van der Waals surface area contributed by atoms with Crippen LogP contribution < -0.4 is 10.2 Å². The first-order chi connectivity index (χ1) is 9.43. The summed E-state index contributed by atoms with van der Waals surface area (Å²) in [7, 11) is 0. The third-order valence-electron chi connectivity index (χ3n) is 3.61. The van der Waals surface area contributed by atoms with Gasteiger partial charge in [-0.15, -0.1) is 0 Å². The van der Waals surface area contributed by atoms with E-state index in [9.17, 15) is 0 Å². The third kappa shape index (κ3) is 2.96. The molecule has 1 aliphatic rings. The van der Waals surface area contributed by atoms with Crippen molar-refractivity contribution in [3.8, 4) is 11.1 Å². The van der Waals surface area contributed by atoms with Crippen molar-refractivity contribution in [1.82, 2.24) is 5.32 Å². The quantitative estimate of drug-likeness (QED) is 0.801. The molecule has 1 radical (unpaired) electrons. The van der Waals surface area contributed by atoms with Crippen LogP contribution in [0.5, 0.6) is 0 Å². The fourth-order valence-corrected chi connectivity index (χ4v) is 2.54. The van der Waals surface area contributed by atoms with Crippen molar-refractivity contribution in [2.75, 3.05) is 31.1 Å². The summed E-state index contributed by atoms with van der Waals surface area (Å²) in [6.07, 6.45) is 1.17. The van der Waals surface area contributed by atoms with Crippen LogP contribution in [0.25, 0.3) is 11.1 Å². The van der Waals surface area contributed by atoms with Crippen LogP contribution in [0.1, 0.15) is 6.42 Å². The van der Waals surface area contributed by atoms with Gasteiger partial charge in [-0.1, -0.05) is 42.5 Å². The summed E-state index contributed by atoms with van der Waals surface area (Å²) in [4.78, 5) is 2.44. The van der Waals surface area contributed by atoms with E-state index in [2.05, 4.69) is 64.8 Å². The first-order valence-electron chi connectivity index (χ1n) is 6.97. The molecule has 2 aromatic carbocycles. The van der Waals surface area contributed by atoms with Crippen molar-refractivity contribution in [1.29, 1.82) is 0 Å². The Morgan fingerprint density at radius 1 is 0.737 bits per heavy atom. The molecule has 0 unspecified atom stereocenters. The van der Waals surface area contributed by atoms with Gasteiger partial charge in [0.15, 0.2) is 0 Å². The van der Waals surface area contributed by atoms with Gasteiger partial charge in [0.1, 0.15) is 0 Å². The molecule has 0 aliphatic carbocycles. The average molecular weight is 251 g/mol. The maximum atomic E-state index is 4.47. The maximum Gasteiger partial charge on any atom is 0.0367 e. The molecule has 0 amide bonds. The van der Waals surface area contributed by atoms with Gasteiger partial charge in [-0.2, -0.15) is 0 Å². The van der Waals surface area contributed by atoms with Crippen molar-refractivity contribution in [2.45, 2.75) is 6.42 Å². The van der Waals surface area contributed by atoms with Crippen LogP contribution in [0, 0.1) is 0 Å². The number of benzene rings is 2. The summed E-state index contributed by atoms with van der Waals surface area (Å²) in [5.41, 5.74) is 3.88. The molecule has 1 fully saturated rings. The van der Waals surface area contributed by atoms with E-state index >= 15 is 0 Å². The van der Waals surface area contributed by atoms with Crippen molar-refractivity contribution in [2.24, 2.45) is 0 Å². The van der Waals surface area contributed by atoms with Gasteiger partial charge in [-0.25, -0.2) is 5.32 Å². The van der Waals surface area contributed by atoms with Crippen LogP contribution >= 0.6 is 0 Å². The minimum atomic E-state index is 0.959. The van der Waals surface area contributed by atoms with E-state index in [1.54, 1.807) is 0 Å². The molecule has 1 saturated heterocycles. The molecule has 0 N–H and O–H groups in total. The predicted molar refractivity (Wildman–Crippen MR) is 80.6 cm³/mol. The smallest absolute Gasteiger partial charge is 0.0367 e. The normalized spacial score (nSPS) is 16.1. The molecule has 0 bridgehead atoms. The lowest BCUT2D eigenvalue weighted by Crippen LogP contribution is -2.26. The third-order valence-corrected chi connectivity index (χ3v) is 3.61. The molecular weight excluding hydrogens is 232 g/mol. The highest BCUT2D eigenvalue weighted by Crippen LogP contribution is 2.23. The highest BCUT2D eigenvalue weighted by Gasteiger charge is 2.09. The van der Waals surface area contributed by atoms with E-state index in [1.807, 2.05) is 0 Å². The summed E-state index contributed by atoms with van der Waals surface area (Å²) in [6, 6.07) is 19.4. The Morgan fingerprint density at radius 2 is 1.47 bits per heavy atom. The Morgan fingerprint density at radius 3 is 2.26 bits per heavy atom. The molecule has 19 heavy (non-hydrogen) atoms. The topological polar surface area (TPSA) is 17.3 Å². The van der Waals surface area contributed by atoms with Gasteiger partial charge in [0, 0.05) is 31.9 Å².